The Bertz CT molecular complexity index is 2210. The van der Waals surface area contributed by atoms with Crippen LogP contribution in [0.4, 0.5) is 34.1 Å². The average molecular weight is 590 g/mol. The smallest absolute Gasteiger partial charge is 0.156 e. The summed E-state index contributed by atoms with van der Waals surface area (Å²) in [7, 11) is 0. The molecule has 0 aliphatic rings. The lowest BCUT2D eigenvalue weighted by atomic mass is 9.99. The molecule has 8 rings (SSSR count). The first kappa shape index (κ1) is 27.6. The molecule has 46 heavy (non-hydrogen) atoms. The Morgan fingerprint density at radius 2 is 0.783 bits per heavy atom. The third kappa shape index (κ3) is 4.82. The molecule has 218 valence electrons. The molecule has 0 bridgehead atoms. The highest BCUT2D eigenvalue weighted by molar-refractivity contribution is 6.00. The summed E-state index contributed by atoms with van der Waals surface area (Å²) in [6, 6.07) is 69.7. The van der Waals surface area contributed by atoms with E-state index >= 15 is 0 Å². The van der Waals surface area contributed by atoms with Crippen molar-refractivity contribution in [1.82, 2.24) is 4.48 Å². The molecule has 0 saturated heterocycles. The monoisotopic (exact) mass is 589 g/mol. The molecule has 0 unspecified atom stereocenters. The van der Waals surface area contributed by atoms with E-state index < -0.39 is 0 Å². The summed E-state index contributed by atoms with van der Waals surface area (Å²) >= 11 is 0. The van der Waals surface area contributed by atoms with Gasteiger partial charge in [0.25, 0.3) is 0 Å². The predicted octanol–water partition coefficient (Wildman–Crippen LogP) is 12.7. The minimum atomic E-state index is 0.469. The number of quaternary nitrogens is 1. The van der Waals surface area contributed by atoms with Gasteiger partial charge in [0.2, 0.25) is 0 Å². The van der Waals surface area contributed by atoms with E-state index in [1.54, 1.807) is 0 Å². The Kier molecular flexibility index (Phi) is 7.11. The second-order valence-electron chi connectivity index (χ2n) is 11.6. The van der Waals surface area contributed by atoms with Crippen LogP contribution in [0.1, 0.15) is 0 Å². The molecule has 0 atom stereocenters. The van der Waals surface area contributed by atoms with E-state index in [0.717, 1.165) is 11.4 Å². The topological polar surface area (TPSA) is 12.0 Å². The highest BCUT2D eigenvalue weighted by Gasteiger charge is 2.40. The van der Waals surface area contributed by atoms with Crippen molar-refractivity contribution in [2.24, 2.45) is 0 Å². The van der Waals surface area contributed by atoms with Gasteiger partial charge in [-0.3, -0.25) is 0 Å². The third-order valence-electron chi connectivity index (χ3n) is 8.96. The van der Waals surface area contributed by atoms with Crippen LogP contribution < -0.4 is 9.80 Å². The van der Waals surface area contributed by atoms with Gasteiger partial charge in [-0.15, -0.1) is 0 Å². The third-order valence-corrected chi connectivity index (χ3v) is 8.96. The van der Waals surface area contributed by atoms with Gasteiger partial charge >= 0.3 is 0 Å². The molecule has 0 radical (unpaired) electrons. The lowest BCUT2D eigenvalue weighted by Gasteiger charge is -2.37. The number of hydrogen-bond acceptors (Lipinski definition) is 1. The van der Waals surface area contributed by atoms with Gasteiger partial charge in [0.15, 0.2) is 5.69 Å². The van der Waals surface area contributed by atoms with Crippen molar-refractivity contribution in [1.29, 1.82) is 0 Å². The van der Waals surface area contributed by atoms with Crippen molar-refractivity contribution in [2.75, 3.05) is 5.32 Å². The number of rotatable bonds is 7. The zero-order chi connectivity index (χ0) is 30.8. The quantitative estimate of drug-likeness (QED) is 0.182. The van der Waals surface area contributed by atoms with Gasteiger partial charge in [-0.05, 0) is 58.3 Å². The summed E-state index contributed by atoms with van der Waals surface area (Å²) in [6.07, 6.45) is 0. The molecule has 1 N–H and O–H groups in total. The van der Waals surface area contributed by atoms with Crippen LogP contribution in [0.15, 0.2) is 194 Å². The molecular weight excluding hydrogens is 556 g/mol. The minimum absolute atomic E-state index is 0.469. The second-order valence-corrected chi connectivity index (χ2v) is 11.6. The molecule has 0 fully saturated rings. The summed E-state index contributed by atoms with van der Waals surface area (Å²) in [6.45, 7) is 0. The highest BCUT2D eigenvalue weighted by atomic mass is 15.4. The average Bonchev–Trinajstić information content (AvgIpc) is 3.14. The van der Waals surface area contributed by atoms with Crippen molar-refractivity contribution in [2.45, 2.75) is 0 Å². The molecule has 0 amide bonds. The van der Waals surface area contributed by atoms with Crippen LogP contribution in [-0.2, 0) is 0 Å². The molecular formula is C44H33N2+. The van der Waals surface area contributed by atoms with Gasteiger partial charge in [0.1, 0.15) is 17.1 Å². The van der Waals surface area contributed by atoms with E-state index in [2.05, 4.69) is 199 Å². The lowest BCUT2D eigenvalue weighted by molar-refractivity contribution is 0.709. The van der Waals surface area contributed by atoms with Crippen molar-refractivity contribution in [3.8, 4) is 11.1 Å². The summed E-state index contributed by atoms with van der Waals surface area (Å²) in [5.41, 5.74) is 9.29. The minimum Gasteiger partial charge on any atom is -0.355 e. The van der Waals surface area contributed by atoms with E-state index in [1.807, 2.05) is 0 Å². The van der Waals surface area contributed by atoms with Crippen molar-refractivity contribution >= 4 is 55.7 Å². The molecule has 2 nitrogen and oxygen atoms in total. The van der Waals surface area contributed by atoms with Gasteiger partial charge in [0, 0.05) is 64.6 Å². The van der Waals surface area contributed by atoms with Crippen molar-refractivity contribution in [3.63, 3.8) is 0 Å². The van der Waals surface area contributed by atoms with Crippen LogP contribution in [0.25, 0.3) is 32.7 Å². The number of hydrogen-bond donors (Lipinski definition) is 1. The fourth-order valence-corrected chi connectivity index (χ4v) is 6.78. The van der Waals surface area contributed by atoms with Gasteiger partial charge in [-0.2, -0.15) is 4.48 Å². The maximum absolute atomic E-state index is 3.62. The maximum atomic E-state index is 3.62. The molecule has 8 aromatic carbocycles. The van der Waals surface area contributed by atoms with E-state index in [4.69, 9.17) is 0 Å². The largest absolute Gasteiger partial charge is 0.355 e. The first-order valence-corrected chi connectivity index (χ1v) is 15.8. The van der Waals surface area contributed by atoms with E-state index in [-0.39, 0.29) is 0 Å². The van der Waals surface area contributed by atoms with Crippen LogP contribution in [0, 0.1) is 0 Å². The molecule has 0 saturated carbocycles. The van der Waals surface area contributed by atoms with Gasteiger partial charge < -0.3 is 5.32 Å². The predicted molar refractivity (Wildman–Crippen MR) is 197 cm³/mol. The molecule has 0 heterocycles. The fourth-order valence-electron chi connectivity index (χ4n) is 6.78. The highest BCUT2D eigenvalue weighted by Crippen LogP contribution is 2.53. The zero-order valence-corrected chi connectivity index (χ0v) is 25.4. The van der Waals surface area contributed by atoms with Crippen molar-refractivity contribution < 1.29 is 0 Å². The molecule has 0 aromatic heterocycles. The van der Waals surface area contributed by atoms with Crippen LogP contribution in [-0.4, -0.2) is 0 Å². The Labute approximate surface area is 270 Å². The van der Waals surface area contributed by atoms with E-state index in [0.29, 0.717) is 4.48 Å². The number of nitrogens with zero attached hydrogens (tertiary/aromatic N) is 1. The van der Waals surface area contributed by atoms with Crippen LogP contribution in [0.3, 0.4) is 0 Å². The summed E-state index contributed by atoms with van der Waals surface area (Å²) in [4.78, 5) is 0. The Balaban J connectivity index is 1.22. The molecule has 0 aliphatic heterocycles. The van der Waals surface area contributed by atoms with E-state index in [1.165, 1.54) is 55.4 Å². The van der Waals surface area contributed by atoms with Crippen LogP contribution in [0.5, 0.6) is 0 Å². The van der Waals surface area contributed by atoms with Gasteiger partial charge in [0.05, 0.1) is 0 Å². The standard InChI is InChI=1S/C44H33N2/c1-3-17-38(18-4-1)46(39-19-5-2-6-20-39,44-24-12-16-36-14-8-10-22-42(36)44)40-31-27-34(28-32-40)33-25-29-37(30-26-33)45-43-23-11-15-35-13-7-9-21-41(35)43/h1-32,45H/q+1. The van der Waals surface area contributed by atoms with Crippen LogP contribution in [0.2, 0.25) is 0 Å². The fraction of sp³-hybridized carbons (Fsp3) is 0. The second kappa shape index (κ2) is 11.9. The number of para-hydroxylation sites is 2. The number of anilines is 2. The Hall–Kier alpha value is -5.96. The maximum Gasteiger partial charge on any atom is 0.156 e. The molecule has 8 aromatic rings. The first-order valence-electron chi connectivity index (χ1n) is 15.8. The van der Waals surface area contributed by atoms with Crippen LogP contribution >= 0.6 is 0 Å². The zero-order valence-electron chi connectivity index (χ0n) is 25.4. The number of nitrogens with one attached hydrogen (secondary N) is 1. The van der Waals surface area contributed by atoms with Crippen molar-refractivity contribution in [3.05, 3.63) is 194 Å². The normalized spacial score (nSPS) is 11.5. The molecule has 2 heteroatoms. The number of fused-ring (bicyclic) bond motifs is 2. The Morgan fingerprint density at radius 3 is 1.41 bits per heavy atom. The SMILES string of the molecule is c1ccc([N+](c2ccccc2)(c2ccc(-c3ccc(Nc4cccc5ccccc45)cc3)cc2)c2cccc3ccccc23)cc1. The first-order chi connectivity index (χ1) is 22.8. The Morgan fingerprint density at radius 1 is 0.326 bits per heavy atom. The summed E-state index contributed by atoms with van der Waals surface area (Å²) < 4.78 is 0.469. The molecule has 0 aliphatic carbocycles. The van der Waals surface area contributed by atoms with Gasteiger partial charge in [-0.1, -0.05) is 115 Å². The van der Waals surface area contributed by atoms with E-state index in [9.17, 15) is 0 Å². The van der Waals surface area contributed by atoms with Gasteiger partial charge in [-0.25, -0.2) is 0 Å². The summed E-state index contributed by atoms with van der Waals surface area (Å²) in [5, 5.41) is 8.53. The summed E-state index contributed by atoms with van der Waals surface area (Å²) in [5.74, 6) is 0. The molecule has 0 spiro atoms. The lowest BCUT2D eigenvalue weighted by Crippen LogP contribution is -2.33. The number of benzene rings is 8.